The summed E-state index contributed by atoms with van der Waals surface area (Å²) in [7, 11) is 1.54. The van der Waals surface area contributed by atoms with Crippen LogP contribution in [0.1, 0.15) is 30.3 Å². The molecule has 0 unspecified atom stereocenters. The Hall–Kier alpha value is -2.54. The largest absolute Gasteiger partial charge is 0.375 e. The summed E-state index contributed by atoms with van der Waals surface area (Å²) in [6, 6.07) is 7.58. The maximum atomic E-state index is 12.1. The van der Waals surface area contributed by atoms with Crippen molar-refractivity contribution in [2.75, 3.05) is 32.1 Å². The molecule has 0 radical (unpaired) electrons. The fraction of sp³-hybridized carbons (Fsp3) is 0.444. The normalized spacial score (nSPS) is 17.4. The number of likely N-dealkylation sites (tertiary alicyclic amines) is 1. The number of hydrogen-bond donors (Lipinski definition) is 1. The van der Waals surface area contributed by atoms with Crippen LogP contribution < -0.4 is 5.32 Å². The summed E-state index contributed by atoms with van der Waals surface area (Å²) in [4.78, 5) is 27.5. The Bertz CT molecular complexity index is 723. The summed E-state index contributed by atoms with van der Waals surface area (Å²) in [5.74, 6) is 2.40. The summed E-state index contributed by atoms with van der Waals surface area (Å²) in [6.45, 7) is 3.47. The van der Waals surface area contributed by atoms with Gasteiger partial charge in [-0.2, -0.15) is 0 Å². The average Bonchev–Trinajstić information content (AvgIpc) is 2.62. The quantitative estimate of drug-likeness (QED) is 0.899. The van der Waals surface area contributed by atoms with Crippen molar-refractivity contribution >= 4 is 17.5 Å². The second kappa shape index (κ2) is 8.02. The molecule has 1 aliphatic rings. The van der Waals surface area contributed by atoms with E-state index in [2.05, 4.69) is 20.3 Å². The third kappa shape index (κ3) is 4.51. The van der Waals surface area contributed by atoms with Crippen LogP contribution in [0.3, 0.4) is 0 Å². The van der Waals surface area contributed by atoms with Gasteiger partial charge in [0.25, 0.3) is 0 Å². The minimum absolute atomic E-state index is 0.0201. The SMILES string of the molecule is COCC(=O)N1CCC[C@@H](c2nc(C)cc(Nc3ccccn3)n2)C1. The van der Waals surface area contributed by atoms with E-state index in [0.29, 0.717) is 6.54 Å². The first-order valence-corrected chi connectivity index (χ1v) is 8.46. The average molecular weight is 341 g/mol. The number of aryl methyl sites for hydroxylation is 1. The van der Waals surface area contributed by atoms with Crippen LogP contribution >= 0.6 is 0 Å². The first kappa shape index (κ1) is 17.3. The van der Waals surface area contributed by atoms with Gasteiger partial charge >= 0.3 is 0 Å². The molecule has 1 N–H and O–H groups in total. The van der Waals surface area contributed by atoms with Gasteiger partial charge in [0, 0.05) is 44.1 Å². The Morgan fingerprint density at radius 3 is 3.00 bits per heavy atom. The smallest absolute Gasteiger partial charge is 0.248 e. The number of nitrogens with zero attached hydrogens (tertiary/aromatic N) is 4. The molecule has 1 atom stereocenters. The van der Waals surface area contributed by atoms with Crippen molar-refractivity contribution in [2.24, 2.45) is 0 Å². The van der Waals surface area contributed by atoms with E-state index < -0.39 is 0 Å². The van der Waals surface area contributed by atoms with Gasteiger partial charge in [-0.15, -0.1) is 0 Å². The number of anilines is 2. The van der Waals surface area contributed by atoms with Gasteiger partial charge in [-0.3, -0.25) is 4.79 Å². The van der Waals surface area contributed by atoms with Crippen molar-refractivity contribution in [3.63, 3.8) is 0 Å². The molecule has 3 rings (SSSR count). The molecule has 3 heterocycles. The maximum Gasteiger partial charge on any atom is 0.248 e. The van der Waals surface area contributed by atoms with Crippen molar-refractivity contribution in [3.8, 4) is 0 Å². The molecule has 1 aliphatic heterocycles. The molecule has 0 saturated carbocycles. The van der Waals surface area contributed by atoms with E-state index in [4.69, 9.17) is 4.74 Å². The van der Waals surface area contributed by atoms with Crippen LogP contribution in [0.25, 0.3) is 0 Å². The molecule has 1 saturated heterocycles. The molecule has 1 fully saturated rings. The second-order valence-corrected chi connectivity index (χ2v) is 6.20. The second-order valence-electron chi connectivity index (χ2n) is 6.20. The fourth-order valence-corrected chi connectivity index (χ4v) is 3.04. The van der Waals surface area contributed by atoms with Crippen LogP contribution in [0.5, 0.6) is 0 Å². The van der Waals surface area contributed by atoms with Crippen molar-refractivity contribution in [1.29, 1.82) is 0 Å². The van der Waals surface area contributed by atoms with E-state index in [1.165, 1.54) is 0 Å². The van der Waals surface area contributed by atoms with Crippen LogP contribution in [0, 0.1) is 6.92 Å². The number of aromatic nitrogens is 3. The number of methoxy groups -OCH3 is 1. The molecule has 25 heavy (non-hydrogen) atoms. The van der Waals surface area contributed by atoms with Gasteiger partial charge in [-0.25, -0.2) is 15.0 Å². The first-order chi connectivity index (χ1) is 12.2. The van der Waals surface area contributed by atoms with Crippen LogP contribution in [0.4, 0.5) is 11.6 Å². The van der Waals surface area contributed by atoms with Gasteiger partial charge in [0.05, 0.1) is 0 Å². The van der Waals surface area contributed by atoms with Gasteiger partial charge in [0.2, 0.25) is 5.91 Å². The molecule has 0 aromatic carbocycles. The van der Waals surface area contributed by atoms with E-state index in [9.17, 15) is 4.79 Å². The summed E-state index contributed by atoms with van der Waals surface area (Å²) in [5, 5.41) is 3.22. The van der Waals surface area contributed by atoms with Crippen molar-refractivity contribution in [1.82, 2.24) is 19.9 Å². The van der Waals surface area contributed by atoms with E-state index in [-0.39, 0.29) is 18.4 Å². The first-order valence-electron chi connectivity index (χ1n) is 8.46. The molecule has 0 aliphatic carbocycles. The Labute approximate surface area is 147 Å². The molecular weight excluding hydrogens is 318 g/mol. The number of ether oxygens (including phenoxy) is 1. The summed E-state index contributed by atoms with van der Waals surface area (Å²) < 4.78 is 4.96. The summed E-state index contributed by atoms with van der Waals surface area (Å²) in [6.07, 6.45) is 3.65. The van der Waals surface area contributed by atoms with E-state index in [0.717, 1.165) is 42.5 Å². The minimum Gasteiger partial charge on any atom is -0.375 e. The number of pyridine rings is 1. The predicted octanol–water partition coefficient (Wildman–Crippen LogP) is 2.28. The van der Waals surface area contributed by atoms with Crippen molar-refractivity contribution in [2.45, 2.75) is 25.7 Å². The zero-order chi connectivity index (χ0) is 17.6. The highest BCUT2D eigenvalue weighted by Crippen LogP contribution is 2.26. The Kier molecular flexibility index (Phi) is 5.55. The zero-order valence-corrected chi connectivity index (χ0v) is 14.6. The van der Waals surface area contributed by atoms with Crippen LogP contribution in [-0.4, -0.2) is 52.6 Å². The predicted molar refractivity (Wildman–Crippen MR) is 94.7 cm³/mol. The molecule has 132 valence electrons. The number of carbonyl (C=O) groups excluding carboxylic acids is 1. The van der Waals surface area contributed by atoms with Crippen LogP contribution in [0.15, 0.2) is 30.5 Å². The highest BCUT2D eigenvalue weighted by atomic mass is 16.5. The van der Waals surface area contributed by atoms with Crippen LogP contribution in [-0.2, 0) is 9.53 Å². The van der Waals surface area contributed by atoms with Gasteiger partial charge in [-0.05, 0) is 31.9 Å². The standard InChI is InChI=1S/C18H23N5O2/c1-13-10-16(21-15-7-3-4-8-19-15)22-18(20-13)14-6-5-9-23(11-14)17(24)12-25-2/h3-4,7-8,10,14H,5-6,9,11-12H2,1-2H3,(H,19,20,21,22)/t14-/m1/s1. The third-order valence-corrected chi connectivity index (χ3v) is 4.20. The number of hydrogen-bond acceptors (Lipinski definition) is 6. The van der Waals surface area contributed by atoms with Crippen LogP contribution in [0.2, 0.25) is 0 Å². The van der Waals surface area contributed by atoms with E-state index in [1.807, 2.05) is 36.1 Å². The highest BCUT2D eigenvalue weighted by Gasteiger charge is 2.26. The van der Waals surface area contributed by atoms with Gasteiger partial charge in [0.15, 0.2) is 0 Å². The molecule has 1 amide bonds. The fourth-order valence-electron chi connectivity index (χ4n) is 3.04. The zero-order valence-electron chi connectivity index (χ0n) is 14.6. The topological polar surface area (TPSA) is 80.2 Å². The Morgan fingerprint density at radius 2 is 2.24 bits per heavy atom. The van der Waals surface area contributed by atoms with E-state index in [1.54, 1.807) is 13.3 Å². The van der Waals surface area contributed by atoms with Crippen molar-refractivity contribution < 1.29 is 9.53 Å². The highest BCUT2D eigenvalue weighted by molar-refractivity contribution is 5.77. The number of nitrogens with one attached hydrogen (secondary N) is 1. The lowest BCUT2D eigenvalue weighted by atomic mass is 9.97. The number of carbonyl (C=O) groups is 1. The minimum atomic E-state index is 0.0201. The molecule has 2 aromatic rings. The molecule has 2 aromatic heterocycles. The number of piperidine rings is 1. The Morgan fingerprint density at radius 1 is 1.36 bits per heavy atom. The molecule has 0 bridgehead atoms. The molecule has 0 spiro atoms. The van der Waals surface area contributed by atoms with Gasteiger partial charge in [-0.1, -0.05) is 6.07 Å². The summed E-state index contributed by atoms with van der Waals surface area (Å²) >= 11 is 0. The van der Waals surface area contributed by atoms with Gasteiger partial charge < -0.3 is 15.0 Å². The lowest BCUT2D eigenvalue weighted by Crippen LogP contribution is -2.41. The van der Waals surface area contributed by atoms with Gasteiger partial charge in [0.1, 0.15) is 24.1 Å². The summed E-state index contributed by atoms with van der Waals surface area (Å²) in [5.41, 5.74) is 0.892. The molecular formula is C18H23N5O2. The molecule has 7 heteroatoms. The lowest BCUT2D eigenvalue weighted by molar-refractivity contribution is -0.136. The number of amides is 1. The molecule has 7 nitrogen and oxygen atoms in total. The number of rotatable bonds is 5. The monoisotopic (exact) mass is 341 g/mol. The Balaban J connectivity index is 1.76. The van der Waals surface area contributed by atoms with E-state index >= 15 is 0 Å². The third-order valence-electron chi connectivity index (χ3n) is 4.20. The maximum absolute atomic E-state index is 12.1. The lowest BCUT2D eigenvalue weighted by Gasteiger charge is -2.32. The van der Waals surface area contributed by atoms with Crippen molar-refractivity contribution in [3.05, 3.63) is 42.0 Å².